The Hall–Kier alpha value is -1.39. The summed E-state index contributed by atoms with van der Waals surface area (Å²) in [6.07, 6.45) is 5.77. The van der Waals surface area contributed by atoms with Gasteiger partial charge in [0.05, 0.1) is 0 Å². The minimum Gasteiger partial charge on any atom is -0.339 e. The maximum Gasteiger partial charge on any atom is 0.246 e. The molecule has 0 atom stereocenters. The molecule has 0 radical (unpaired) electrons. The molecule has 4 heteroatoms. The summed E-state index contributed by atoms with van der Waals surface area (Å²) in [4.78, 5) is 15.6. The maximum absolute atomic E-state index is 12.1. The molecular formula is C16H17NOS2. The molecular weight excluding hydrogens is 286 g/mol. The summed E-state index contributed by atoms with van der Waals surface area (Å²) >= 11 is 3.48. The number of rotatable bonds is 3. The average molecular weight is 303 g/mol. The highest BCUT2D eigenvalue weighted by Crippen LogP contribution is 2.31. The predicted octanol–water partition coefficient (Wildman–Crippen LogP) is 4.23. The van der Waals surface area contributed by atoms with Gasteiger partial charge in [0.25, 0.3) is 0 Å². The molecule has 0 spiro atoms. The third-order valence-corrected chi connectivity index (χ3v) is 5.45. The smallest absolute Gasteiger partial charge is 0.246 e. The third-order valence-electron chi connectivity index (χ3n) is 3.71. The van der Waals surface area contributed by atoms with Crippen molar-refractivity contribution in [3.63, 3.8) is 0 Å². The zero-order valence-corrected chi connectivity index (χ0v) is 12.8. The molecule has 2 aromatic heterocycles. The summed E-state index contributed by atoms with van der Waals surface area (Å²) in [5.41, 5.74) is 1.11. The minimum absolute atomic E-state index is 0.140. The van der Waals surface area contributed by atoms with E-state index < -0.39 is 0 Å². The number of hydrogen-bond acceptors (Lipinski definition) is 3. The number of carbonyl (C=O) groups is 1. The van der Waals surface area contributed by atoms with Crippen molar-refractivity contribution in [2.75, 3.05) is 13.1 Å². The molecule has 2 aromatic rings. The van der Waals surface area contributed by atoms with E-state index in [2.05, 4.69) is 17.5 Å². The Bertz CT molecular complexity index is 564. The van der Waals surface area contributed by atoms with E-state index in [-0.39, 0.29) is 5.91 Å². The van der Waals surface area contributed by atoms with E-state index >= 15 is 0 Å². The molecule has 20 heavy (non-hydrogen) atoms. The highest BCUT2D eigenvalue weighted by atomic mass is 32.1. The van der Waals surface area contributed by atoms with E-state index in [1.165, 1.54) is 4.88 Å². The Morgan fingerprint density at radius 2 is 2.10 bits per heavy atom. The van der Waals surface area contributed by atoms with Crippen LogP contribution in [0.3, 0.4) is 0 Å². The van der Waals surface area contributed by atoms with Crippen LogP contribution in [0.2, 0.25) is 0 Å². The molecule has 2 nitrogen and oxygen atoms in total. The van der Waals surface area contributed by atoms with E-state index in [9.17, 15) is 4.79 Å². The van der Waals surface area contributed by atoms with Gasteiger partial charge in [-0.2, -0.15) is 11.3 Å². The summed E-state index contributed by atoms with van der Waals surface area (Å²) in [5, 5.41) is 6.21. The van der Waals surface area contributed by atoms with Crippen molar-refractivity contribution in [2.24, 2.45) is 0 Å². The summed E-state index contributed by atoms with van der Waals surface area (Å²) < 4.78 is 0. The van der Waals surface area contributed by atoms with Gasteiger partial charge in [-0.3, -0.25) is 4.79 Å². The van der Waals surface area contributed by atoms with Crippen molar-refractivity contribution in [1.82, 2.24) is 4.90 Å². The SMILES string of the molecule is O=C(C=Cc1ccsc1)N1CCC(c2cccs2)CC1. The van der Waals surface area contributed by atoms with Crippen LogP contribution < -0.4 is 0 Å². The van der Waals surface area contributed by atoms with Crippen LogP contribution in [-0.4, -0.2) is 23.9 Å². The van der Waals surface area contributed by atoms with Gasteiger partial charge in [0.2, 0.25) is 5.91 Å². The molecule has 1 aliphatic rings. The molecule has 1 amide bonds. The van der Waals surface area contributed by atoms with Gasteiger partial charge in [-0.1, -0.05) is 6.07 Å². The fourth-order valence-electron chi connectivity index (χ4n) is 2.55. The number of amides is 1. The van der Waals surface area contributed by atoms with Gasteiger partial charge in [-0.15, -0.1) is 11.3 Å². The molecule has 0 unspecified atom stereocenters. The summed E-state index contributed by atoms with van der Waals surface area (Å²) in [6, 6.07) is 6.35. The van der Waals surface area contributed by atoms with Crippen LogP contribution >= 0.6 is 22.7 Å². The normalized spacial score (nSPS) is 16.9. The summed E-state index contributed by atoms with van der Waals surface area (Å²) in [7, 11) is 0. The van der Waals surface area contributed by atoms with Crippen LogP contribution in [-0.2, 0) is 4.79 Å². The monoisotopic (exact) mass is 303 g/mol. The van der Waals surface area contributed by atoms with Gasteiger partial charge in [-0.05, 0) is 58.7 Å². The largest absolute Gasteiger partial charge is 0.339 e. The molecule has 1 saturated heterocycles. The zero-order valence-electron chi connectivity index (χ0n) is 11.2. The first-order valence-corrected chi connectivity index (χ1v) is 8.68. The van der Waals surface area contributed by atoms with Crippen molar-refractivity contribution >= 4 is 34.7 Å². The van der Waals surface area contributed by atoms with Gasteiger partial charge < -0.3 is 4.90 Å². The first-order valence-electron chi connectivity index (χ1n) is 6.85. The van der Waals surface area contributed by atoms with Crippen LogP contribution in [0.1, 0.15) is 29.2 Å². The number of likely N-dealkylation sites (tertiary alicyclic amines) is 1. The Morgan fingerprint density at radius 3 is 2.75 bits per heavy atom. The highest BCUT2D eigenvalue weighted by Gasteiger charge is 2.23. The van der Waals surface area contributed by atoms with E-state index in [0.29, 0.717) is 5.92 Å². The lowest BCUT2D eigenvalue weighted by Gasteiger charge is -2.30. The van der Waals surface area contributed by atoms with Crippen LogP contribution in [0.25, 0.3) is 6.08 Å². The number of piperidine rings is 1. The molecule has 3 rings (SSSR count). The zero-order chi connectivity index (χ0) is 13.8. The Balaban J connectivity index is 1.54. The number of nitrogens with zero attached hydrogens (tertiary/aromatic N) is 1. The second kappa shape index (κ2) is 6.37. The Kier molecular flexibility index (Phi) is 4.33. The van der Waals surface area contributed by atoms with Gasteiger partial charge in [0, 0.05) is 24.0 Å². The molecule has 0 saturated carbocycles. The second-order valence-corrected chi connectivity index (χ2v) is 6.76. The van der Waals surface area contributed by atoms with Crippen molar-refractivity contribution in [2.45, 2.75) is 18.8 Å². The molecule has 1 fully saturated rings. The van der Waals surface area contributed by atoms with Crippen molar-refractivity contribution in [3.05, 3.63) is 50.9 Å². The number of carbonyl (C=O) groups excluding carboxylic acids is 1. The lowest BCUT2D eigenvalue weighted by atomic mass is 9.95. The molecule has 0 aromatic carbocycles. The molecule has 0 bridgehead atoms. The lowest BCUT2D eigenvalue weighted by Crippen LogP contribution is -2.36. The van der Waals surface area contributed by atoms with Gasteiger partial charge >= 0.3 is 0 Å². The Morgan fingerprint density at radius 1 is 1.25 bits per heavy atom. The fourth-order valence-corrected chi connectivity index (χ4v) is 4.08. The predicted molar refractivity (Wildman–Crippen MR) is 86.2 cm³/mol. The number of hydrogen-bond donors (Lipinski definition) is 0. The lowest BCUT2D eigenvalue weighted by molar-refractivity contribution is -0.126. The van der Waals surface area contributed by atoms with Gasteiger partial charge in [-0.25, -0.2) is 0 Å². The molecule has 0 N–H and O–H groups in total. The first kappa shape index (κ1) is 13.6. The molecule has 1 aliphatic heterocycles. The number of thiophene rings is 2. The van der Waals surface area contributed by atoms with Crippen molar-refractivity contribution < 1.29 is 4.79 Å². The average Bonchev–Trinajstić information content (AvgIpc) is 3.18. The van der Waals surface area contributed by atoms with E-state index in [4.69, 9.17) is 0 Å². The highest BCUT2D eigenvalue weighted by molar-refractivity contribution is 7.10. The molecule has 104 valence electrons. The van der Waals surface area contributed by atoms with Gasteiger partial charge in [0.15, 0.2) is 0 Å². The van der Waals surface area contributed by atoms with Crippen LogP contribution in [0, 0.1) is 0 Å². The van der Waals surface area contributed by atoms with E-state index in [1.807, 2.05) is 39.1 Å². The Labute approximate surface area is 127 Å². The van der Waals surface area contributed by atoms with Crippen LogP contribution in [0.5, 0.6) is 0 Å². The minimum atomic E-state index is 0.140. The fraction of sp³-hybridized carbons (Fsp3) is 0.312. The third kappa shape index (κ3) is 3.19. The van der Waals surface area contributed by atoms with E-state index in [0.717, 1.165) is 31.5 Å². The standard InChI is InChI=1S/C16H17NOS2/c18-16(4-3-13-7-11-19-12-13)17-8-5-14(6-9-17)15-2-1-10-20-15/h1-4,7,10-12,14H,5-6,8-9H2. The van der Waals surface area contributed by atoms with Crippen LogP contribution in [0.4, 0.5) is 0 Å². The summed E-state index contributed by atoms with van der Waals surface area (Å²) in [6.45, 7) is 1.74. The maximum atomic E-state index is 12.1. The first-order chi connectivity index (χ1) is 9.83. The molecule has 0 aliphatic carbocycles. The van der Waals surface area contributed by atoms with Gasteiger partial charge in [0.1, 0.15) is 0 Å². The topological polar surface area (TPSA) is 20.3 Å². The quantitative estimate of drug-likeness (QED) is 0.777. The second-order valence-electron chi connectivity index (χ2n) is 5.00. The molecule has 3 heterocycles. The van der Waals surface area contributed by atoms with E-state index in [1.54, 1.807) is 17.4 Å². The van der Waals surface area contributed by atoms with Crippen molar-refractivity contribution in [1.29, 1.82) is 0 Å². The van der Waals surface area contributed by atoms with Crippen molar-refractivity contribution in [3.8, 4) is 0 Å². The summed E-state index contributed by atoms with van der Waals surface area (Å²) in [5.74, 6) is 0.778. The van der Waals surface area contributed by atoms with Crippen LogP contribution in [0.15, 0.2) is 40.4 Å².